The van der Waals surface area contributed by atoms with Gasteiger partial charge in [-0.15, -0.1) is 6.58 Å². The molecule has 2 heterocycles. The standard InChI is InChI=1S/C30H35N3O/c1-7-9-24-20-33(26-14-12-25(13-15-26)30(3,4)5)29(34)28(24)21(2)32(6)19-22-11-16-27-23(18-22)10-8-17-31-27/h7-8,10-18,21H,1,9,19-20H2,2-6H3. The fourth-order valence-corrected chi connectivity index (χ4v) is 4.69. The molecule has 2 aromatic carbocycles. The Bertz CT molecular complexity index is 1230. The molecule has 4 rings (SSSR count). The zero-order valence-corrected chi connectivity index (χ0v) is 21.0. The number of carbonyl (C=O) groups is 1. The first-order valence-corrected chi connectivity index (χ1v) is 12.0. The number of benzene rings is 2. The van der Waals surface area contributed by atoms with E-state index >= 15 is 0 Å². The quantitative estimate of drug-likeness (QED) is 0.396. The summed E-state index contributed by atoms with van der Waals surface area (Å²) < 4.78 is 0. The number of anilines is 1. The SMILES string of the molecule is C=CCC1=C(C(C)N(C)Cc2ccc3ncccc3c2)C(=O)N(c2ccc(C(C)(C)C)cc2)C1. The molecule has 1 aliphatic rings. The van der Waals surface area contributed by atoms with Crippen molar-refractivity contribution in [2.24, 2.45) is 0 Å². The van der Waals surface area contributed by atoms with Crippen molar-refractivity contribution in [3.05, 3.63) is 95.7 Å². The molecule has 1 atom stereocenters. The molecule has 0 bridgehead atoms. The van der Waals surface area contributed by atoms with Crippen LogP contribution in [0.5, 0.6) is 0 Å². The van der Waals surface area contributed by atoms with E-state index in [0.717, 1.165) is 40.7 Å². The second-order valence-corrected chi connectivity index (χ2v) is 10.3. The number of likely N-dealkylation sites (N-methyl/N-ethyl adjacent to an activating group) is 1. The van der Waals surface area contributed by atoms with Crippen LogP contribution < -0.4 is 4.90 Å². The van der Waals surface area contributed by atoms with Gasteiger partial charge in [-0.2, -0.15) is 0 Å². The third-order valence-corrected chi connectivity index (χ3v) is 6.82. The molecule has 34 heavy (non-hydrogen) atoms. The molecular weight excluding hydrogens is 418 g/mol. The molecule has 0 saturated heterocycles. The number of aromatic nitrogens is 1. The van der Waals surface area contributed by atoms with Crippen LogP contribution in [0.2, 0.25) is 0 Å². The Morgan fingerprint density at radius 3 is 2.56 bits per heavy atom. The molecule has 1 aliphatic heterocycles. The minimum atomic E-state index is -0.00843. The molecule has 0 aliphatic carbocycles. The first-order chi connectivity index (χ1) is 16.2. The molecule has 0 fully saturated rings. The highest BCUT2D eigenvalue weighted by Crippen LogP contribution is 2.33. The molecule has 176 valence electrons. The van der Waals surface area contributed by atoms with Crippen molar-refractivity contribution in [1.29, 1.82) is 0 Å². The lowest BCUT2D eigenvalue weighted by molar-refractivity contribution is -0.115. The Kier molecular flexibility index (Phi) is 6.72. The smallest absolute Gasteiger partial charge is 0.256 e. The van der Waals surface area contributed by atoms with Gasteiger partial charge in [-0.25, -0.2) is 0 Å². The van der Waals surface area contributed by atoms with E-state index in [0.29, 0.717) is 6.54 Å². The van der Waals surface area contributed by atoms with Crippen LogP contribution in [-0.2, 0) is 16.8 Å². The number of carbonyl (C=O) groups excluding carboxylic acids is 1. The fourth-order valence-electron chi connectivity index (χ4n) is 4.69. The summed E-state index contributed by atoms with van der Waals surface area (Å²) in [6.07, 6.45) is 4.44. The molecule has 0 saturated carbocycles. The maximum absolute atomic E-state index is 13.6. The van der Waals surface area contributed by atoms with Gasteiger partial charge in [-0.3, -0.25) is 14.7 Å². The summed E-state index contributed by atoms with van der Waals surface area (Å²) >= 11 is 0. The Balaban J connectivity index is 1.55. The second kappa shape index (κ2) is 9.55. The molecule has 1 aromatic heterocycles. The Labute approximate surface area is 203 Å². The van der Waals surface area contributed by atoms with Crippen molar-refractivity contribution in [3.8, 4) is 0 Å². The van der Waals surface area contributed by atoms with Gasteiger partial charge in [0.1, 0.15) is 0 Å². The Morgan fingerprint density at radius 2 is 1.88 bits per heavy atom. The number of hydrogen-bond acceptors (Lipinski definition) is 3. The molecule has 4 heteroatoms. The maximum Gasteiger partial charge on any atom is 0.256 e. The zero-order valence-electron chi connectivity index (χ0n) is 21.0. The summed E-state index contributed by atoms with van der Waals surface area (Å²) in [4.78, 5) is 22.2. The normalized spacial score (nSPS) is 15.5. The highest BCUT2D eigenvalue weighted by molar-refractivity contribution is 6.10. The number of fused-ring (bicyclic) bond motifs is 1. The van der Waals surface area contributed by atoms with E-state index in [4.69, 9.17) is 0 Å². The van der Waals surface area contributed by atoms with E-state index in [1.165, 1.54) is 11.1 Å². The van der Waals surface area contributed by atoms with Crippen LogP contribution in [0.4, 0.5) is 5.69 Å². The van der Waals surface area contributed by atoms with Gasteiger partial charge in [0.05, 0.1) is 5.52 Å². The highest BCUT2D eigenvalue weighted by Gasteiger charge is 2.35. The molecule has 4 nitrogen and oxygen atoms in total. The zero-order chi connectivity index (χ0) is 24.5. The lowest BCUT2D eigenvalue weighted by atomic mass is 9.87. The highest BCUT2D eigenvalue weighted by atomic mass is 16.2. The number of hydrogen-bond donors (Lipinski definition) is 0. The van der Waals surface area contributed by atoms with Crippen molar-refractivity contribution in [2.45, 2.75) is 52.1 Å². The van der Waals surface area contributed by atoms with Crippen molar-refractivity contribution in [1.82, 2.24) is 9.88 Å². The minimum Gasteiger partial charge on any atom is -0.304 e. The third-order valence-electron chi connectivity index (χ3n) is 6.82. The molecule has 0 spiro atoms. The van der Waals surface area contributed by atoms with Crippen molar-refractivity contribution in [3.63, 3.8) is 0 Å². The summed E-state index contributed by atoms with van der Waals surface area (Å²) in [6.45, 7) is 14.1. The van der Waals surface area contributed by atoms with Gasteiger partial charge in [0.25, 0.3) is 5.91 Å². The Hall–Kier alpha value is -3.24. The number of pyridine rings is 1. The van der Waals surface area contributed by atoms with Gasteiger partial charge in [0.15, 0.2) is 0 Å². The summed E-state index contributed by atoms with van der Waals surface area (Å²) in [5.41, 5.74) is 6.55. The van der Waals surface area contributed by atoms with Crippen LogP contribution in [0.1, 0.15) is 45.2 Å². The molecular formula is C30H35N3O. The van der Waals surface area contributed by atoms with E-state index in [1.54, 1.807) is 0 Å². The van der Waals surface area contributed by atoms with Crippen LogP contribution in [0, 0.1) is 0 Å². The van der Waals surface area contributed by atoms with Crippen molar-refractivity contribution in [2.75, 3.05) is 18.5 Å². The summed E-state index contributed by atoms with van der Waals surface area (Å²) in [5.74, 6) is 0.0995. The van der Waals surface area contributed by atoms with E-state index < -0.39 is 0 Å². The van der Waals surface area contributed by atoms with Gasteiger partial charge in [-0.05, 0) is 72.8 Å². The molecule has 3 aromatic rings. The van der Waals surface area contributed by atoms with Gasteiger partial charge in [-0.1, -0.05) is 51.1 Å². The van der Waals surface area contributed by atoms with Gasteiger partial charge in [0, 0.05) is 42.0 Å². The van der Waals surface area contributed by atoms with Gasteiger partial charge in [0.2, 0.25) is 0 Å². The first kappa shape index (κ1) is 23.9. The van der Waals surface area contributed by atoms with Crippen LogP contribution in [-0.4, -0.2) is 35.4 Å². The second-order valence-electron chi connectivity index (χ2n) is 10.3. The Morgan fingerprint density at radius 1 is 1.15 bits per heavy atom. The van der Waals surface area contributed by atoms with Crippen LogP contribution in [0.25, 0.3) is 10.9 Å². The molecule has 1 amide bonds. The minimum absolute atomic E-state index is 0.00843. The van der Waals surface area contributed by atoms with Crippen molar-refractivity contribution < 1.29 is 4.79 Å². The monoisotopic (exact) mass is 453 g/mol. The van der Waals surface area contributed by atoms with Crippen LogP contribution >= 0.6 is 0 Å². The number of amides is 1. The molecule has 1 unspecified atom stereocenters. The topological polar surface area (TPSA) is 36.4 Å². The largest absolute Gasteiger partial charge is 0.304 e. The van der Waals surface area contributed by atoms with E-state index in [1.807, 2.05) is 23.2 Å². The fraction of sp³-hybridized carbons (Fsp3) is 0.333. The van der Waals surface area contributed by atoms with Gasteiger partial charge < -0.3 is 4.90 Å². The number of nitrogens with zero attached hydrogens (tertiary/aromatic N) is 3. The average molecular weight is 454 g/mol. The van der Waals surface area contributed by atoms with Crippen LogP contribution in [0.15, 0.2) is 84.6 Å². The average Bonchev–Trinajstić information content (AvgIpc) is 3.14. The lowest BCUT2D eigenvalue weighted by Crippen LogP contribution is -2.36. The molecule has 0 N–H and O–H groups in total. The molecule has 0 radical (unpaired) electrons. The van der Waals surface area contributed by atoms with E-state index in [9.17, 15) is 4.79 Å². The summed E-state index contributed by atoms with van der Waals surface area (Å²) in [7, 11) is 2.09. The van der Waals surface area contributed by atoms with E-state index in [2.05, 4.69) is 99.7 Å². The maximum atomic E-state index is 13.6. The van der Waals surface area contributed by atoms with Crippen LogP contribution in [0.3, 0.4) is 0 Å². The predicted octanol–water partition coefficient (Wildman–Crippen LogP) is 6.27. The van der Waals surface area contributed by atoms with E-state index in [-0.39, 0.29) is 17.4 Å². The first-order valence-electron chi connectivity index (χ1n) is 12.0. The number of allylic oxidation sites excluding steroid dienone is 1. The predicted molar refractivity (Wildman–Crippen MR) is 142 cm³/mol. The third kappa shape index (κ3) is 4.83. The van der Waals surface area contributed by atoms with Gasteiger partial charge >= 0.3 is 0 Å². The number of rotatable bonds is 7. The summed E-state index contributed by atoms with van der Waals surface area (Å²) in [5, 5.41) is 1.13. The van der Waals surface area contributed by atoms with Crippen molar-refractivity contribution >= 4 is 22.5 Å². The lowest BCUT2D eigenvalue weighted by Gasteiger charge is -2.27. The summed E-state index contributed by atoms with van der Waals surface area (Å²) in [6, 6.07) is 18.8.